The quantitative estimate of drug-likeness (QED) is 0.229. The molecule has 2 rings (SSSR count). The summed E-state index contributed by atoms with van der Waals surface area (Å²) in [5.74, 6) is 1.52. The molecule has 0 atom stereocenters. The topological polar surface area (TPSA) is 42.9 Å². The highest BCUT2D eigenvalue weighted by atomic mass is 127. The number of rotatable bonds is 9. The Bertz CT molecular complexity index is 573. The fraction of sp³-hybridized carbons (Fsp3) is 0.696. The molecule has 0 saturated carbocycles. The van der Waals surface area contributed by atoms with E-state index in [4.69, 9.17) is 0 Å². The molecule has 0 spiro atoms. The molecule has 166 valence electrons. The standard InChI is InChI=1S/C23H41N5.HI/c1-20(2)22-11-9-21(10-12-22)8-5-13-25-23(24-3)26-14-6-16-28-17-7-15-27(4)18-19-28;/h9-12,20H,5-8,13-19H2,1-4H3,(H2,24,25,26);1H. The Morgan fingerprint density at radius 3 is 2.34 bits per heavy atom. The van der Waals surface area contributed by atoms with Crippen molar-refractivity contribution in [2.45, 2.75) is 45.4 Å². The summed E-state index contributed by atoms with van der Waals surface area (Å²) in [4.78, 5) is 9.37. The van der Waals surface area contributed by atoms with Crippen molar-refractivity contribution in [1.29, 1.82) is 0 Å². The first-order chi connectivity index (χ1) is 13.6. The molecule has 0 bridgehead atoms. The van der Waals surface area contributed by atoms with E-state index >= 15 is 0 Å². The van der Waals surface area contributed by atoms with E-state index in [1.807, 2.05) is 7.05 Å². The average molecular weight is 516 g/mol. The third-order valence-corrected chi connectivity index (χ3v) is 5.56. The van der Waals surface area contributed by atoms with Gasteiger partial charge in [-0.05, 0) is 69.4 Å². The van der Waals surface area contributed by atoms with Crippen molar-refractivity contribution in [2.75, 3.05) is 59.9 Å². The summed E-state index contributed by atoms with van der Waals surface area (Å²) in [5, 5.41) is 6.90. The van der Waals surface area contributed by atoms with Gasteiger partial charge in [0.15, 0.2) is 5.96 Å². The molecule has 0 aromatic heterocycles. The molecule has 2 N–H and O–H groups in total. The van der Waals surface area contributed by atoms with Gasteiger partial charge in [-0.25, -0.2) is 0 Å². The Kier molecular flexibility index (Phi) is 13.6. The molecule has 1 aromatic rings. The van der Waals surface area contributed by atoms with E-state index in [0.717, 1.165) is 38.3 Å². The lowest BCUT2D eigenvalue weighted by molar-refractivity contribution is 0.274. The van der Waals surface area contributed by atoms with Crippen molar-refractivity contribution in [3.8, 4) is 0 Å². The smallest absolute Gasteiger partial charge is 0.190 e. The summed E-state index contributed by atoms with van der Waals surface area (Å²) in [6.07, 6.45) is 4.66. The lowest BCUT2D eigenvalue weighted by atomic mass is 10.0. The van der Waals surface area contributed by atoms with E-state index in [9.17, 15) is 0 Å². The first-order valence-corrected chi connectivity index (χ1v) is 11.0. The van der Waals surface area contributed by atoms with Gasteiger partial charge in [0, 0.05) is 33.2 Å². The minimum atomic E-state index is 0. The van der Waals surface area contributed by atoms with E-state index in [0.29, 0.717) is 5.92 Å². The number of likely N-dealkylation sites (N-methyl/N-ethyl adjacent to an activating group) is 1. The van der Waals surface area contributed by atoms with Crippen molar-refractivity contribution >= 4 is 29.9 Å². The van der Waals surface area contributed by atoms with Gasteiger partial charge in [0.05, 0.1) is 0 Å². The Hall–Kier alpha value is -0.860. The number of hydrogen-bond donors (Lipinski definition) is 2. The molecular formula is C23H42IN5. The molecule has 1 aliphatic heterocycles. The van der Waals surface area contributed by atoms with Crippen molar-refractivity contribution in [3.63, 3.8) is 0 Å². The molecule has 1 aliphatic rings. The zero-order valence-electron chi connectivity index (χ0n) is 18.9. The molecule has 1 saturated heterocycles. The molecule has 6 heteroatoms. The second kappa shape index (κ2) is 15.0. The number of nitrogens with one attached hydrogen (secondary N) is 2. The average Bonchev–Trinajstić information content (AvgIpc) is 2.91. The van der Waals surface area contributed by atoms with Gasteiger partial charge in [0.1, 0.15) is 0 Å². The first-order valence-electron chi connectivity index (χ1n) is 11.0. The van der Waals surface area contributed by atoms with Crippen molar-refractivity contribution in [1.82, 2.24) is 20.4 Å². The monoisotopic (exact) mass is 515 g/mol. The van der Waals surface area contributed by atoms with Crippen LogP contribution in [0, 0.1) is 0 Å². The summed E-state index contributed by atoms with van der Waals surface area (Å²) in [6, 6.07) is 9.05. The zero-order chi connectivity index (χ0) is 20.2. The number of aliphatic imine (C=N–C) groups is 1. The molecule has 1 heterocycles. The third kappa shape index (κ3) is 10.6. The molecule has 0 radical (unpaired) electrons. The lowest BCUT2D eigenvalue weighted by Gasteiger charge is -2.20. The molecular weight excluding hydrogens is 473 g/mol. The van der Waals surface area contributed by atoms with Gasteiger partial charge in [-0.2, -0.15) is 0 Å². The van der Waals surface area contributed by atoms with Crippen LogP contribution < -0.4 is 10.6 Å². The van der Waals surface area contributed by atoms with Crippen LogP contribution in [0.1, 0.15) is 50.2 Å². The molecule has 29 heavy (non-hydrogen) atoms. The van der Waals surface area contributed by atoms with Crippen LogP contribution in [0.3, 0.4) is 0 Å². The van der Waals surface area contributed by atoms with Gasteiger partial charge >= 0.3 is 0 Å². The fourth-order valence-electron chi connectivity index (χ4n) is 3.62. The highest BCUT2D eigenvalue weighted by Crippen LogP contribution is 2.15. The minimum Gasteiger partial charge on any atom is -0.356 e. The van der Waals surface area contributed by atoms with Crippen LogP contribution in [0.5, 0.6) is 0 Å². The second-order valence-corrected chi connectivity index (χ2v) is 8.28. The SMILES string of the molecule is CN=C(NCCCc1ccc(C(C)C)cc1)NCCCN1CCCN(C)CC1.I. The maximum Gasteiger partial charge on any atom is 0.190 e. The Morgan fingerprint density at radius 2 is 1.69 bits per heavy atom. The zero-order valence-corrected chi connectivity index (χ0v) is 21.2. The van der Waals surface area contributed by atoms with Crippen LogP contribution in [-0.4, -0.2) is 75.7 Å². The molecule has 1 fully saturated rings. The number of halogens is 1. The largest absolute Gasteiger partial charge is 0.356 e. The highest BCUT2D eigenvalue weighted by molar-refractivity contribution is 14.0. The number of guanidine groups is 1. The van der Waals surface area contributed by atoms with E-state index in [1.54, 1.807) is 0 Å². The minimum absolute atomic E-state index is 0. The van der Waals surface area contributed by atoms with Crippen LogP contribution in [-0.2, 0) is 6.42 Å². The van der Waals surface area contributed by atoms with E-state index in [2.05, 4.69) is 70.6 Å². The summed E-state index contributed by atoms with van der Waals surface area (Å²) in [7, 11) is 4.08. The summed E-state index contributed by atoms with van der Waals surface area (Å²) in [5.41, 5.74) is 2.83. The predicted molar refractivity (Wildman–Crippen MR) is 137 cm³/mol. The van der Waals surface area contributed by atoms with Gasteiger partial charge in [0.25, 0.3) is 0 Å². The van der Waals surface area contributed by atoms with Crippen molar-refractivity contribution in [3.05, 3.63) is 35.4 Å². The molecule has 5 nitrogen and oxygen atoms in total. The lowest BCUT2D eigenvalue weighted by Crippen LogP contribution is -2.39. The first kappa shape index (κ1) is 26.2. The maximum absolute atomic E-state index is 4.35. The third-order valence-electron chi connectivity index (χ3n) is 5.56. The summed E-state index contributed by atoms with van der Waals surface area (Å²) in [6.45, 7) is 12.4. The normalized spacial score (nSPS) is 16.4. The van der Waals surface area contributed by atoms with Crippen LogP contribution in [0.4, 0.5) is 0 Å². The van der Waals surface area contributed by atoms with Crippen LogP contribution in [0.15, 0.2) is 29.3 Å². The number of hydrogen-bond acceptors (Lipinski definition) is 3. The second-order valence-electron chi connectivity index (χ2n) is 8.28. The van der Waals surface area contributed by atoms with E-state index in [-0.39, 0.29) is 24.0 Å². The predicted octanol–water partition coefficient (Wildman–Crippen LogP) is 3.55. The number of nitrogens with zero attached hydrogens (tertiary/aromatic N) is 3. The number of aryl methyl sites for hydroxylation is 1. The number of benzene rings is 1. The van der Waals surface area contributed by atoms with Crippen LogP contribution >= 0.6 is 24.0 Å². The maximum atomic E-state index is 4.35. The molecule has 1 aromatic carbocycles. The van der Waals surface area contributed by atoms with E-state index in [1.165, 1.54) is 50.3 Å². The Labute approximate surface area is 195 Å². The molecule has 0 unspecified atom stereocenters. The molecule has 0 amide bonds. The van der Waals surface area contributed by atoms with E-state index < -0.39 is 0 Å². The van der Waals surface area contributed by atoms with Crippen molar-refractivity contribution < 1.29 is 0 Å². The summed E-state index contributed by atoms with van der Waals surface area (Å²) < 4.78 is 0. The van der Waals surface area contributed by atoms with Gasteiger partial charge < -0.3 is 20.4 Å². The Morgan fingerprint density at radius 1 is 1.00 bits per heavy atom. The van der Waals surface area contributed by atoms with Gasteiger partial charge in [-0.3, -0.25) is 4.99 Å². The fourth-order valence-corrected chi connectivity index (χ4v) is 3.62. The van der Waals surface area contributed by atoms with Gasteiger partial charge in [0.2, 0.25) is 0 Å². The van der Waals surface area contributed by atoms with Crippen LogP contribution in [0.25, 0.3) is 0 Å². The highest BCUT2D eigenvalue weighted by Gasteiger charge is 2.11. The summed E-state index contributed by atoms with van der Waals surface area (Å²) >= 11 is 0. The van der Waals surface area contributed by atoms with Crippen LogP contribution in [0.2, 0.25) is 0 Å². The molecule has 0 aliphatic carbocycles. The van der Waals surface area contributed by atoms with Gasteiger partial charge in [-0.1, -0.05) is 38.1 Å². The van der Waals surface area contributed by atoms with Gasteiger partial charge in [-0.15, -0.1) is 24.0 Å². The Balaban J connectivity index is 0.00000420. The van der Waals surface area contributed by atoms with Crippen molar-refractivity contribution in [2.24, 2.45) is 4.99 Å².